The highest BCUT2D eigenvalue weighted by atomic mass is 32.1. The first-order chi connectivity index (χ1) is 8.04. The topological polar surface area (TPSA) is 26.3 Å². The molecule has 1 rings (SSSR count). The lowest BCUT2D eigenvalue weighted by molar-refractivity contribution is 0.0442. The van der Waals surface area contributed by atoms with Crippen LogP contribution in [0.15, 0.2) is 23.1 Å². The summed E-state index contributed by atoms with van der Waals surface area (Å²) in [6, 6.07) is 5.51. The van der Waals surface area contributed by atoms with Gasteiger partial charge in [0.1, 0.15) is 0 Å². The molecule has 0 fully saturated rings. The Hall–Kier alpha value is -0.960. The number of thiol groups is 1. The Morgan fingerprint density at radius 2 is 2.18 bits per heavy atom. The summed E-state index contributed by atoms with van der Waals surface area (Å²) >= 11 is 4.23. The van der Waals surface area contributed by atoms with Gasteiger partial charge in [-0.25, -0.2) is 4.79 Å². The molecule has 0 aliphatic rings. The van der Waals surface area contributed by atoms with Gasteiger partial charge in [-0.3, -0.25) is 0 Å². The highest BCUT2D eigenvalue weighted by Gasteiger charge is 2.12. The molecule has 2 nitrogen and oxygen atoms in total. The molecule has 0 spiro atoms. The standard InChI is InChI=1S/C14H20O2S/c1-4-5-10(2)9-16-14(15)13-8-12(17)7-6-11(13)3/h6-8,10,17H,4-5,9H2,1-3H3. The second kappa shape index (κ2) is 6.70. The highest BCUT2D eigenvalue weighted by molar-refractivity contribution is 7.80. The molecule has 0 aromatic heterocycles. The van der Waals surface area contributed by atoms with Gasteiger partial charge >= 0.3 is 5.97 Å². The summed E-state index contributed by atoms with van der Waals surface area (Å²) in [6.45, 7) is 6.62. The maximum Gasteiger partial charge on any atom is 0.338 e. The van der Waals surface area contributed by atoms with Gasteiger partial charge in [-0.15, -0.1) is 12.6 Å². The minimum absolute atomic E-state index is 0.249. The molecule has 94 valence electrons. The van der Waals surface area contributed by atoms with E-state index >= 15 is 0 Å². The third kappa shape index (κ3) is 4.43. The predicted octanol–water partition coefficient (Wildman–Crippen LogP) is 3.88. The normalized spacial score (nSPS) is 12.2. The van der Waals surface area contributed by atoms with Crippen molar-refractivity contribution >= 4 is 18.6 Å². The van der Waals surface area contributed by atoms with E-state index in [4.69, 9.17) is 4.74 Å². The zero-order valence-electron chi connectivity index (χ0n) is 10.7. The summed E-state index contributed by atoms with van der Waals surface area (Å²) in [6.07, 6.45) is 2.20. The van der Waals surface area contributed by atoms with Crippen LogP contribution in [-0.2, 0) is 4.74 Å². The van der Waals surface area contributed by atoms with Crippen LogP contribution >= 0.6 is 12.6 Å². The smallest absolute Gasteiger partial charge is 0.338 e. The molecule has 1 aromatic rings. The van der Waals surface area contributed by atoms with Crippen molar-refractivity contribution in [3.8, 4) is 0 Å². The van der Waals surface area contributed by atoms with Crippen molar-refractivity contribution in [2.75, 3.05) is 6.61 Å². The van der Waals surface area contributed by atoms with Crippen LogP contribution < -0.4 is 0 Å². The predicted molar refractivity (Wildman–Crippen MR) is 72.8 cm³/mol. The monoisotopic (exact) mass is 252 g/mol. The van der Waals surface area contributed by atoms with Gasteiger partial charge in [-0.2, -0.15) is 0 Å². The van der Waals surface area contributed by atoms with Crippen LogP contribution in [0, 0.1) is 12.8 Å². The molecular formula is C14H20O2S. The van der Waals surface area contributed by atoms with Crippen molar-refractivity contribution in [3.63, 3.8) is 0 Å². The molecule has 1 unspecified atom stereocenters. The molecule has 0 N–H and O–H groups in total. The fraction of sp³-hybridized carbons (Fsp3) is 0.500. The van der Waals surface area contributed by atoms with Gasteiger partial charge in [0.05, 0.1) is 12.2 Å². The average molecular weight is 252 g/mol. The van der Waals surface area contributed by atoms with E-state index < -0.39 is 0 Å². The van der Waals surface area contributed by atoms with Crippen LogP contribution in [-0.4, -0.2) is 12.6 Å². The van der Waals surface area contributed by atoms with Gasteiger partial charge in [0.2, 0.25) is 0 Å². The van der Waals surface area contributed by atoms with Crippen molar-refractivity contribution in [2.24, 2.45) is 5.92 Å². The quantitative estimate of drug-likeness (QED) is 0.636. The molecule has 0 saturated carbocycles. The third-order valence-electron chi connectivity index (χ3n) is 2.72. The van der Waals surface area contributed by atoms with E-state index in [0.29, 0.717) is 18.1 Å². The number of carbonyl (C=O) groups is 1. The minimum Gasteiger partial charge on any atom is -0.462 e. The lowest BCUT2D eigenvalue weighted by Gasteiger charge is -2.12. The fourth-order valence-corrected chi connectivity index (χ4v) is 1.91. The summed E-state index contributed by atoms with van der Waals surface area (Å²) in [7, 11) is 0. The molecule has 0 amide bonds. The van der Waals surface area contributed by atoms with Gasteiger partial charge in [0.25, 0.3) is 0 Å². The van der Waals surface area contributed by atoms with Crippen LogP contribution in [0.3, 0.4) is 0 Å². The number of carbonyl (C=O) groups excluding carboxylic acids is 1. The maximum absolute atomic E-state index is 11.9. The van der Waals surface area contributed by atoms with Gasteiger partial charge in [0, 0.05) is 4.90 Å². The molecular weight excluding hydrogens is 232 g/mol. The SMILES string of the molecule is CCCC(C)COC(=O)c1cc(S)ccc1C. The van der Waals surface area contributed by atoms with E-state index in [2.05, 4.69) is 26.5 Å². The summed E-state index contributed by atoms with van der Waals surface area (Å²) in [5, 5.41) is 0. The molecule has 17 heavy (non-hydrogen) atoms. The van der Waals surface area contributed by atoms with Gasteiger partial charge in [-0.1, -0.05) is 26.3 Å². The van der Waals surface area contributed by atoms with Crippen molar-refractivity contribution in [1.82, 2.24) is 0 Å². The number of rotatable bonds is 5. The Morgan fingerprint density at radius 1 is 1.47 bits per heavy atom. The fourth-order valence-electron chi connectivity index (χ4n) is 1.70. The largest absolute Gasteiger partial charge is 0.462 e. The number of hydrogen-bond acceptors (Lipinski definition) is 3. The van der Waals surface area contributed by atoms with Crippen LogP contribution in [0.25, 0.3) is 0 Å². The Balaban J connectivity index is 2.61. The number of benzene rings is 1. The second-order valence-corrected chi connectivity index (χ2v) is 5.01. The van der Waals surface area contributed by atoms with E-state index in [-0.39, 0.29) is 5.97 Å². The molecule has 0 bridgehead atoms. The number of esters is 1. The number of ether oxygens (including phenoxy) is 1. The lowest BCUT2D eigenvalue weighted by Crippen LogP contribution is -2.13. The van der Waals surface area contributed by atoms with Crippen molar-refractivity contribution in [2.45, 2.75) is 38.5 Å². The molecule has 1 atom stereocenters. The number of hydrogen-bond donors (Lipinski definition) is 1. The summed E-state index contributed by atoms with van der Waals surface area (Å²) in [5.74, 6) is 0.171. The van der Waals surface area contributed by atoms with Crippen molar-refractivity contribution in [1.29, 1.82) is 0 Å². The molecule has 3 heteroatoms. The molecule has 0 saturated heterocycles. The van der Waals surface area contributed by atoms with E-state index in [1.807, 2.05) is 19.1 Å². The Bertz CT molecular complexity index is 388. The Kier molecular flexibility index (Phi) is 5.56. The number of aryl methyl sites for hydroxylation is 1. The molecule has 0 aliphatic heterocycles. The third-order valence-corrected chi connectivity index (χ3v) is 3.00. The molecule has 0 heterocycles. The van der Waals surface area contributed by atoms with Gasteiger partial charge in [0.15, 0.2) is 0 Å². The zero-order chi connectivity index (χ0) is 12.8. The first kappa shape index (κ1) is 14.1. The van der Waals surface area contributed by atoms with E-state index in [0.717, 1.165) is 23.3 Å². The van der Waals surface area contributed by atoms with Crippen LogP contribution in [0.2, 0.25) is 0 Å². The second-order valence-electron chi connectivity index (χ2n) is 4.49. The van der Waals surface area contributed by atoms with Crippen LogP contribution in [0.5, 0.6) is 0 Å². The molecule has 1 aromatic carbocycles. The maximum atomic E-state index is 11.9. The first-order valence-electron chi connectivity index (χ1n) is 6.01. The molecule has 0 aliphatic carbocycles. The van der Waals surface area contributed by atoms with Crippen molar-refractivity contribution in [3.05, 3.63) is 29.3 Å². The van der Waals surface area contributed by atoms with Crippen LogP contribution in [0.4, 0.5) is 0 Å². The highest BCUT2D eigenvalue weighted by Crippen LogP contribution is 2.16. The van der Waals surface area contributed by atoms with Crippen LogP contribution in [0.1, 0.15) is 42.6 Å². The van der Waals surface area contributed by atoms with Gasteiger partial charge < -0.3 is 4.74 Å². The zero-order valence-corrected chi connectivity index (χ0v) is 11.6. The van der Waals surface area contributed by atoms with Gasteiger partial charge in [-0.05, 0) is 37.0 Å². The summed E-state index contributed by atoms with van der Waals surface area (Å²) < 4.78 is 5.31. The first-order valence-corrected chi connectivity index (χ1v) is 6.46. The Labute approximate surface area is 109 Å². The molecule has 0 radical (unpaired) electrons. The summed E-state index contributed by atoms with van der Waals surface area (Å²) in [4.78, 5) is 12.7. The van der Waals surface area contributed by atoms with E-state index in [1.165, 1.54) is 0 Å². The average Bonchev–Trinajstić information content (AvgIpc) is 2.29. The minimum atomic E-state index is -0.249. The van der Waals surface area contributed by atoms with E-state index in [9.17, 15) is 4.79 Å². The summed E-state index contributed by atoms with van der Waals surface area (Å²) in [5.41, 5.74) is 1.54. The Morgan fingerprint density at radius 3 is 2.82 bits per heavy atom. The van der Waals surface area contributed by atoms with E-state index in [1.54, 1.807) is 6.07 Å². The lowest BCUT2D eigenvalue weighted by atomic mass is 10.1. The van der Waals surface area contributed by atoms with Crippen molar-refractivity contribution < 1.29 is 9.53 Å².